The third kappa shape index (κ3) is 4.25. The molecule has 6 aliphatic rings. The van der Waals surface area contributed by atoms with Crippen LogP contribution in [0.4, 0.5) is 0 Å². The van der Waals surface area contributed by atoms with Crippen molar-refractivity contribution in [2.75, 3.05) is 60.4 Å². The lowest BCUT2D eigenvalue weighted by molar-refractivity contribution is -0.923. The van der Waals surface area contributed by atoms with Crippen LogP contribution in [0.2, 0.25) is 0 Å². The molecule has 0 amide bonds. The Balaban J connectivity index is 1.25. The number of nitrogens with zero attached hydrogens (tertiary/aromatic N) is 3. The molecule has 2 heterocycles. The number of quaternary nitrogens is 2. The lowest BCUT2D eigenvalue weighted by atomic mass is 9.47. The highest BCUT2D eigenvalue weighted by Gasteiger charge is 2.63. The van der Waals surface area contributed by atoms with Gasteiger partial charge in [-0.3, -0.25) is 9.69 Å². The van der Waals surface area contributed by atoms with E-state index in [1.807, 2.05) is 5.57 Å². The Labute approximate surface area is 226 Å². The Morgan fingerprint density at radius 2 is 1.70 bits per heavy atom. The molecule has 0 N–H and O–H groups in total. The SMILES string of the molecule is CC(=O)O[C@H]1[C@@H](N2CC[N+](C)(C)CC2)CC2C3CC=C4C[C@@H]([N+]5(C)CCCC5)CC[C@]4(C)C3CC[C@@]21C. The van der Waals surface area contributed by atoms with Gasteiger partial charge >= 0.3 is 5.97 Å². The van der Waals surface area contributed by atoms with Crippen LogP contribution in [0.5, 0.6) is 0 Å². The number of likely N-dealkylation sites (tertiary alicyclic amines) is 1. The minimum absolute atomic E-state index is 0.0539. The fraction of sp³-hybridized carbons (Fsp3) is 0.906. The van der Waals surface area contributed by atoms with Gasteiger partial charge in [0.1, 0.15) is 6.10 Å². The van der Waals surface area contributed by atoms with E-state index >= 15 is 0 Å². The zero-order chi connectivity index (χ0) is 26.2. The first-order valence-electron chi connectivity index (χ1n) is 15.7. The normalized spacial score (nSPS) is 46.9. The number of hydrogen-bond donors (Lipinski definition) is 0. The fourth-order valence-corrected chi connectivity index (χ4v) is 10.7. The number of esters is 1. The van der Waals surface area contributed by atoms with Crippen LogP contribution in [0.3, 0.4) is 0 Å². The summed E-state index contributed by atoms with van der Waals surface area (Å²) in [7, 11) is 7.26. The van der Waals surface area contributed by atoms with E-state index in [1.54, 1.807) is 6.92 Å². The molecular formula is C32H55N3O2+2. The fourth-order valence-electron chi connectivity index (χ4n) is 10.7. The smallest absolute Gasteiger partial charge is 0.302 e. The number of fused-ring (bicyclic) bond motifs is 5. The molecule has 2 saturated heterocycles. The maximum absolute atomic E-state index is 12.4. The highest BCUT2D eigenvalue weighted by Crippen LogP contribution is 2.66. The first-order chi connectivity index (χ1) is 17.5. The van der Waals surface area contributed by atoms with E-state index in [0.717, 1.165) is 35.5 Å². The number of likely N-dealkylation sites (N-methyl/N-ethyl adjacent to an activating group) is 1. The van der Waals surface area contributed by atoms with Crippen molar-refractivity contribution in [1.29, 1.82) is 0 Å². The van der Waals surface area contributed by atoms with Gasteiger partial charge in [0.15, 0.2) is 0 Å². The molecule has 4 aliphatic carbocycles. The van der Waals surface area contributed by atoms with Gasteiger partial charge in [0.25, 0.3) is 0 Å². The van der Waals surface area contributed by atoms with Gasteiger partial charge in [0.05, 0.1) is 53.4 Å². The molecule has 3 saturated carbocycles. The first-order valence-corrected chi connectivity index (χ1v) is 15.7. The van der Waals surface area contributed by atoms with Crippen molar-refractivity contribution in [2.45, 2.75) is 96.7 Å². The van der Waals surface area contributed by atoms with Crippen LogP contribution >= 0.6 is 0 Å². The molecule has 8 atom stereocenters. The van der Waals surface area contributed by atoms with E-state index in [4.69, 9.17) is 4.74 Å². The van der Waals surface area contributed by atoms with Crippen LogP contribution in [0.15, 0.2) is 11.6 Å². The molecule has 0 aromatic heterocycles. The summed E-state index contributed by atoms with van der Waals surface area (Å²) >= 11 is 0. The molecule has 208 valence electrons. The van der Waals surface area contributed by atoms with Crippen molar-refractivity contribution in [2.24, 2.45) is 28.6 Å². The van der Waals surface area contributed by atoms with Gasteiger partial charge in [-0.2, -0.15) is 0 Å². The number of carbonyl (C=O) groups excluding carboxylic acids is 1. The average molecular weight is 514 g/mol. The molecule has 6 rings (SSSR count). The van der Waals surface area contributed by atoms with E-state index in [0.29, 0.717) is 17.4 Å². The Morgan fingerprint density at radius 1 is 1.00 bits per heavy atom. The molecule has 3 unspecified atom stereocenters. The molecule has 5 nitrogen and oxygen atoms in total. The van der Waals surface area contributed by atoms with Gasteiger partial charge < -0.3 is 13.7 Å². The van der Waals surface area contributed by atoms with Crippen LogP contribution < -0.4 is 0 Å². The summed E-state index contributed by atoms with van der Waals surface area (Å²) in [6.45, 7) is 14.2. The minimum atomic E-state index is -0.0817. The molecule has 0 bridgehead atoms. The van der Waals surface area contributed by atoms with E-state index in [2.05, 4.69) is 46.0 Å². The largest absolute Gasteiger partial charge is 0.460 e. The maximum atomic E-state index is 12.4. The van der Waals surface area contributed by atoms with E-state index in [-0.39, 0.29) is 17.5 Å². The first kappa shape index (κ1) is 26.3. The summed E-state index contributed by atoms with van der Waals surface area (Å²) < 4.78 is 8.73. The Morgan fingerprint density at radius 3 is 2.38 bits per heavy atom. The van der Waals surface area contributed by atoms with Crippen molar-refractivity contribution in [1.82, 2.24) is 4.90 Å². The van der Waals surface area contributed by atoms with Gasteiger partial charge in [0.2, 0.25) is 0 Å². The second-order valence-electron chi connectivity index (χ2n) is 15.6. The lowest BCUT2D eigenvalue weighted by Gasteiger charge is -2.58. The number of hydrogen-bond acceptors (Lipinski definition) is 3. The maximum Gasteiger partial charge on any atom is 0.302 e. The van der Waals surface area contributed by atoms with Crippen molar-refractivity contribution < 1.29 is 18.5 Å². The summed E-state index contributed by atoms with van der Waals surface area (Å²) in [4.78, 5) is 15.1. The lowest BCUT2D eigenvalue weighted by Crippen LogP contribution is -2.59. The molecule has 5 heteroatoms. The quantitative estimate of drug-likeness (QED) is 0.307. The Bertz CT molecular complexity index is 928. The van der Waals surface area contributed by atoms with E-state index in [9.17, 15) is 4.79 Å². The zero-order valence-corrected chi connectivity index (χ0v) is 24.8. The standard InChI is InChI=1S/C32H55N3O2/c1-23(36)37-30-29(33-15-19-34(4,5)20-16-33)22-28-26-10-9-24-21-25(35(6)17-7-8-18-35)11-13-31(24,2)27(26)12-14-32(28,30)3/h9,25-30H,7-8,10-22H2,1-6H3/q+2/t25-,26?,27?,28?,29-,30-,31-,32-/m0/s1. The molecular weight excluding hydrogens is 458 g/mol. The van der Waals surface area contributed by atoms with Crippen molar-refractivity contribution >= 4 is 5.97 Å². The third-order valence-corrected chi connectivity index (χ3v) is 13.2. The monoisotopic (exact) mass is 513 g/mol. The topological polar surface area (TPSA) is 29.5 Å². The van der Waals surface area contributed by atoms with Crippen LogP contribution in [-0.4, -0.2) is 98.4 Å². The number of ether oxygens (including phenoxy) is 1. The summed E-state index contributed by atoms with van der Waals surface area (Å²) in [5.74, 6) is 2.15. The summed E-state index contributed by atoms with van der Waals surface area (Å²) in [5.41, 5.74) is 2.33. The predicted molar refractivity (Wildman–Crippen MR) is 149 cm³/mol. The number of rotatable bonds is 3. The Hall–Kier alpha value is -0.910. The van der Waals surface area contributed by atoms with Crippen LogP contribution in [0.25, 0.3) is 0 Å². The molecule has 2 aliphatic heterocycles. The van der Waals surface area contributed by atoms with Crippen LogP contribution in [-0.2, 0) is 9.53 Å². The van der Waals surface area contributed by atoms with Crippen molar-refractivity contribution in [3.8, 4) is 0 Å². The van der Waals surface area contributed by atoms with Crippen molar-refractivity contribution in [3.63, 3.8) is 0 Å². The summed E-state index contributed by atoms with van der Waals surface area (Å²) in [5, 5.41) is 0. The average Bonchev–Trinajstić information content (AvgIpc) is 3.40. The van der Waals surface area contributed by atoms with Gasteiger partial charge in [-0.1, -0.05) is 25.5 Å². The molecule has 0 aromatic rings. The van der Waals surface area contributed by atoms with Crippen LogP contribution in [0, 0.1) is 28.6 Å². The van der Waals surface area contributed by atoms with Gasteiger partial charge in [-0.15, -0.1) is 0 Å². The van der Waals surface area contributed by atoms with Crippen molar-refractivity contribution in [3.05, 3.63) is 11.6 Å². The summed E-state index contributed by atoms with van der Waals surface area (Å²) in [6, 6.07) is 1.24. The second kappa shape index (κ2) is 9.06. The van der Waals surface area contributed by atoms with Gasteiger partial charge in [-0.05, 0) is 55.3 Å². The number of allylic oxidation sites excluding steroid dienone is 1. The van der Waals surface area contributed by atoms with Gasteiger partial charge in [-0.25, -0.2) is 0 Å². The zero-order valence-electron chi connectivity index (χ0n) is 24.8. The molecule has 0 radical (unpaired) electrons. The third-order valence-electron chi connectivity index (χ3n) is 13.2. The highest BCUT2D eigenvalue weighted by atomic mass is 16.5. The van der Waals surface area contributed by atoms with Gasteiger partial charge in [0, 0.05) is 57.2 Å². The highest BCUT2D eigenvalue weighted by molar-refractivity contribution is 5.66. The molecule has 5 fully saturated rings. The summed E-state index contributed by atoms with van der Waals surface area (Å²) in [6.07, 6.45) is 14.8. The Kier molecular flexibility index (Phi) is 6.44. The number of piperazine rings is 1. The number of carbonyl (C=O) groups is 1. The minimum Gasteiger partial charge on any atom is -0.460 e. The molecule has 0 aromatic carbocycles. The molecule has 0 spiro atoms. The van der Waals surface area contributed by atoms with Crippen LogP contribution in [0.1, 0.15) is 78.6 Å². The second-order valence-corrected chi connectivity index (χ2v) is 15.6. The van der Waals surface area contributed by atoms with E-state index in [1.165, 1.54) is 88.4 Å². The van der Waals surface area contributed by atoms with E-state index < -0.39 is 0 Å². The molecule has 37 heavy (non-hydrogen) atoms. The predicted octanol–water partition coefficient (Wildman–Crippen LogP) is 4.86.